The van der Waals surface area contributed by atoms with Gasteiger partial charge in [-0.05, 0) is 30.3 Å². The Kier molecular flexibility index (Phi) is 5.53. The molecule has 0 amide bonds. The molecule has 0 atom stereocenters. The second-order valence-corrected chi connectivity index (χ2v) is 8.66. The van der Waals surface area contributed by atoms with Gasteiger partial charge in [-0.15, -0.1) is 0 Å². The van der Waals surface area contributed by atoms with E-state index in [0.717, 1.165) is 0 Å². The van der Waals surface area contributed by atoms with Gasteiger partial charge in [0.25, 0.3) is 5.56 Å². The Morgan fingerprint density at radius 3 is 2.61 bits per heavy atom. The van der Waals surface area contributed by atoms with Gasteiger partial charge in [-0.25, -0.2) is 13.1 Å². The number of aliphatic hydroxyl groups is 1. The zero-order chi connectivity index (χ0) is 22.0. The van der Waals surface area contributed by atoms with Gasteiger partial charge < -0.3 is 9.84 Å². The zero-order valence-corrected chi connectivity index (χ0v) is 17.4. The molecule has 0 radical (unpaired) electrons. The number of fused-ring (bicyclic) bond motifs is 1. The van der Waals surface area contributed by atoms with E-state index in [0.29, 0.717) is 22.2 Å². The number of pyridine rings is 1. The minimum Gasteiger partial charge on any atom is -0.495 e. The maximum absolute atomic E-state index is 12.9. The average Bonchev–Trinajstić information content (AvgIpc) is 3.26. The number of nitrogens with zero attached hydrogens (tertiary/aromatic N) is 5. The number of ether oxygens (including phenoxy) is 1. The van der Waals surface area contributed by atoms with Crippen LogP contribution in [0, 0.1) is 0 Å². The van der Waals surface area contributed by atoms with Crippen molar-refractivity contribution in [3.63, 3.8) is 0 Å². The summed E-state index contributed by atoms with van der Waals surface area (Å²) in [5.41, 5.74) is 0.281. The van der Waals surface area contributed by atoms with E-state index in [1.807, 2.05) is 0 Å². The molecule has 0 aliphatic rings. The first-order chi connectivity index (χ1) is 14.9. The van der Waals surface area contributed by atoms with E-state index < -0.39 is 9.84 Å². The summed E-state index contributed by atoms with van der Waals surface area (Å²) in [4.78, 5) is 17.1. The van der Waals surface area contributed by atoms with E-state index in [1.54, 1.807) is 25.4 Å². The number of methoxy groups -OCH3 is 1. The monoisotopic (exact) mass is 441 g/mol. The highest BCUT2D eigenvalue weighted by Gasteiger charge is 2.21. The molecule has 0 spiro atoms. The number of benzene rings is 1. The smallest absolute Gasteiger partial charge is 0.274 e. The van der Waals surface area contributed by atoms with E-state index in [-0.39, 0.29) is 35.0 Å². The lowest BCUT2D eigenvalue weighted by molar-refractivity contribution is 0.269. The molecule has 3 heterocycles. The van der Waals surface area contributed by atoms with Crippen LogP contribution in [-0.4, -0.2) is 51.8 Å². The van der Waals surface area contributed by atoms with Crippen LogP contribution in [0.5, 0.6) is 5.75 Å². The normalized spacial score (nSPS) is 11.7. The lowest BCUT2D eigenvalue weighted by Crippen LogP contribution is -2.23. The fourth-order valence-corrected chi connectivity index (χ4v) is 4.32. The van der Waals surface area contributed by atoms with Crippen LogP contribution in [0.15, 0.2) is 69.7 Å². The van der Waals surface area contributed by atoms with E-state index in [2.05, 4.69) is 15.2 Å². The molecule has 0 bridgehead atoms. The van der Waals surface area contributed by atoms with Crippen molar-refractivity contribution in [1.82, 2.24) is 24.5 Å². The van der Waals surface area contributed by atoms with Crippen molar-refractivity contribution in [2.45, 2.75) is 22.9 Å². The third-order valence-electron chi connectivity index (χ3n) is 4.73. The molecule has 0 aliphatic carbocycles. The summed E-state index contributed by atoms with van der Waals surface area (Å²) >= 11 is 0. The Balaban J connectivity index is 1.66. The minimum atomic E-state index is -3.83. The number of aliphatic hydroxyl groups excluding tert-OH is 1. The summed E-state index contributed by atoms with van der Waals surface area (Å²) < 4.78 is 33.5. The van der Waals surface area contributed by atoms with Crippen molar-refractivity contribution in [1.29, 1.82) is 0 Å². The highest BCUT2D eigenvalue weighted by molar-refractivity contribution is 7.91. The predicted octanol–water partition coefficient (Wildman–Crippen LogP) is 0.870. The van der Waals surface area contributed by atoms with Crippen LogP contribution >= 0.6 is 0 Å². The Bertz CT molecular complexity index is 1390. The summed E-state index contributed by atoms with van der Waals surface area (Å²) in [5.74, 6) is 0.609. The first kappa shape index (κ1) is 20.7. The van der Waals surface area contributed by atoms with E-state index in [1.165, 1.54) is 46.2 Å². The molecule has 0 fully saturated rings. The minimum absolute atomic E-state index is 0.00665. The number of hydrogen-bond acceptors (Lipinski definition) is 8. The first-order valence-corrected chi connectivity index (χ1v) is 10.8. The second-order valence-electron chi connectivity index (χ2n) is 6.71. The van der Waals surface area contributed by atoms with Crippen LogP contribution in [-0.2, 0) is 22.9 Å². The molecule has 0 aliphatic heterocycles. The van der Waals surface area contributed by atoms with Crippen molar-refractivity contribution in [2.75, 3.05) is 13.7 Å². The summed E-state index contributed by atoms with van der Waals surface area (Å²) in [6.45, 7) is 0.212. The van der Waals surface area contributed by atoms with Gasteiger partial charge in [0.05, 0.1) is 61.4 Å². The van der Waals surface area contributed by atoms with Crippen molar-refractivity contribution < 1.29 is 18.3 Å². The quantitative estimate of drug-likeness (QED) is 0.447. The summed E-state index contributed by atoms with van der Waals surface area (Å²) in [6, 6.07) is 7.76. The lowest BCUT2D eigenvalue weighted by Gasteiger charge is -2.08. The predicted molar refractivity (Wildman–Crippen MR) is 111 cm³/mol. The van der Waals surface area contributed by atoms with Gasteiger partial charge in [0.1, 0.15) is 10.6 Å². The summed E-state index contributed by atoms with van der Waals surface area (Å²) in [6.07, 6.45) is 5.59. The van der Waals surface area contributed by atoms with E-state index in [4.69, 9.17) is 9.84 Å². The fraction of sp³-hybridized carbons (Fsp3) is 0.200. The highest BCUT2D eigenvalue weighted by atomic mass is 32.2. The molecule has 0 unspecified atom stereocenters. The topological polar surface area (TPSA) is 129 Å². The van der Waals surface area contributed by atoms with Crippen LogP contribution in [0.4, 0.5) is 0 Å². The van der Waals surface area contributed by atoms with Crippen molar-refractivity contribution in [3.8, 4) is 5.75 Å². The lowest BCUT2D eigenvalue weighted by atomic mass is 10.2. The molecular weight excluding hydrogens is 422 g/mol. The van der Waals surface area contributed by atoms with Gasteiger partial charge in [-0.3, -0.25) is 14.5 Å². The van der Waals surface area contributed by atoms with E-state index in [9.17, 15) is 13.2 Å². The van der Waals surface area contributed by atoms with Crippen LogP contribution in [0.2, 0.25) is 0 Å². The third kappa shape index (κ3) is 4.05. The number of hydrogen-bond donors (Lipinski definition) is 1. The van der Waals surface area contributed by atoms with Crippen molar-refractivity contribution in [2.24, 2.45) is 0 Å². The van der Waals surface area contributed by atoms with Crippen molar-refractivity contribution >= 4 is 20.6 Å². The molecule has 0 saturated carbocycles. The van der Waals surface area contributed by atoms with Gasteiger partial charge in [-0.2, -0.15) is 10.2 Å². The molecule has 1 N–H and O–H groups in total. The Hall–Kier alpha value is -3.57. The molecular formula is C20H19N5O5S. The zero-order valence-electron chi connectivity index (χ0n) is 16.5. The van der Waals surface area contributed by atoms with Crippen LogP contribution < -0.4 is 10.3 Å². The molecule has 31 heavy (non-hydrogen) atoms. The SMILES string of the molecule is COc1ccc(Cn2ncc3cc(S(=O)(=O)c4cnn(CCO)c4)ccc3c2=O)nc1. The summed E-state index contributed by atoms with van der Waals surface area (Å²) in [7, 11) is -2.29. The van der Waals surface area contributed by atoms with Crippen LogP contribution in [0.3, 0.4) is 0 Å². The van der Waals surface area contributed by atoms with Gasteiger partial charge in [0.2, 0.25) is 9.84 Å². The molecule has 4 rings (SSSR count). The van der Waals surface area contributed by atoms with Gasteiger partial charge in [-0.1, -0.05) is 0 Å². The van der Waals surface area contributed by atoms with Crippen LogP contribution in [0.1, 0.15) is 5.69 Å². The Morgan fingerprint density at radius 2 is 1.90 bits per heavy atom. The molecule has 1 aromatic carbocycles. The molecule has 10 nitrogen and oxygen atoms in total. The fourth-order valence-electron chi connectivity index (χ4n) is 3.07. The molecule has 0 saturated heterocycles. The Labute approximate surface area is 177 Å². The first-order valence-electron chi connectivity index (χ1n) is 9.29. The standard InChI is InChI=1S/C20H19N5O5S/c1-30-16-3-2-15(21-10-16)12-25-20(27)19-5-4-17(8-14(19)9-23-25)31(28,29)18-11-22-24(13-18)6-7-26/h2-5,8-11,13,26H,6-7,12H2,1H3. The van der Waals surface area contributed by atoms with Crippen molar-refractivity contribution in [3.05, 3.63) is 71.2 Å². The number of aromatic nitrogens is 5. The maximum atomic E-state index is 12.9. The van der Waals surface area contributed by atoms with Gasteiger partial charge in [0, 0.05) is 11.6 Å². The van der Waals surface area contributed by atoms with E-state index >= 15 is 0 Å². The van der Waals surface area contributed by atoms with Gasteiger partial charge in [0.15, 0.2) is 0 Å². The second kappa shape index (κ2) is 8.28. The highest BCUT2D eigenvalue weighted by Crippen LogP contribution is 2.23. The number of sulfone groups is 1. The largest absolute Gasteiger partial charge is 0.495 e. The maximum Gasteiger partial charge on any atom is 0.274 e. The molecule has 160 valence electrons. The third-order valence-corrected chi connectivity index (χ3v) is 6.43. The Morgan fingerprint density at radius 1 is 1.06 bits per heavy atom. The number of rotatable bonds is 7. The molecule has 4 aromatic rings. The molecule has 11 heteroatoms. The van der Waals surface area contributed by atoms with Crippen LogP contribution in [0.25, 0.3) is 10.8 Å². The summed E-state index contributed by atoms with van der Waals surface area (Å²) in [5, 5.41) is 17.8. The average molecular weight is 441 g/mol. The van der Waals surface area contributed by atoms with Gasteiger partial charge >= 0.3 is 0 Å². The molecule has 3 aromatic heterocycles.